The fraction of sp³-hybridized carbons (Fsp3) is 0.167. The fourth-order valence-corrected chi connectivity index (χ4v) is 1.89. The molecule has 6 heteroatoms. The molecule has 0 aliphatic heterocycles. The average molecular weight is 266 g/mol. The zero-order valence-electron chi connectivity index (χ0n) is 9.72. The van der Waals surface area contributed by atoms with Gasteiger partial charge in [0.2, 0.25) is 0 Å². The molecule has 2 N–H and O–H groups in total. The third kappa shape index (κ3) is 2.46. The number of carboxylic acids is 1. The number of aryl methyl sites for hydroxylation is 1. The first-order chi connectivity index (χ1) is 8.59. The first-order valence-corrected chi connectivity index (χ1v) is 5.69. The number of hydrogen-bond donors (Lipinski definition) is 2. The summed E-state index contributed by atoms with van der Waals surface area (Å²) in [6.07, 6.45) is 3.51. The van der Waals surface area contributed by atoms with Crippen LogP contribution in [-0.2, 0) is 13.6 Å². The van der Waals surface area contributed by atoms with E-state index >= 15 is 0 Å². The van der Waals surface area contributed by atoms with Crippen LogP contribution in [0.1, 0.15) is 16.2 Å². The second-order valence-electron chi connectivity index (χ2n) is 3.78. The minimum Gasteiger partial charge on any atom is -0.478 e. The van der Waals surface area contributed by atoms with Crippen LogP contribution < -0.4 is 5.32 Å². The Morgan fingerprint density at radius 3 is 2.94 bits per heavy atom. The van der Waals surface area contributed by atoms with E-state index in [4.69, 9.17) is 16.7 Å². The molecule has 0 aliphatic rings. The highest BCUT2D eigenvalue weighted by molar-refractivity contribution is 6.34. The van der Waals surface area contributed by atoms with Crippen LogP contribution in [0.15, 0.2) is 30.6 Å². The van der Waals surface area contributed by atoms with Crippen molar-refractivity contribution in [1.29, 1.82) is 0 Å². The van der Waals surface area contributed by atoms with Crippen molar-refractivity contribution in [2.24, 2.45) is 7.05 Å². The molecular formula is C12H12ClN3O2. The van der Waals surface area contributed by atoms with Gasteiger partial charge in [0, 0.05) is 19.4 Å². The van der Waals surface area contributed by atoms with Crippen molar-refractivity contribution in [2.45, 2.75) is 6.54 Å². The van der Waals surface area contributed by atoms with Gasteiger partial charge in [-0.3, -0.25) is 0 Å². The molecule has 0 atom stereocenters. The van der Waals surface area contributed by atoms with E-state index in [9.17, 15) is 4.79 Å². The predicted octanol–water partition coefficient (Wildman–Crippen LogP) is 2.38. The fourth-order valence-electron chi connectivity index (χ4n) is 1.63. The van der Waals surface area contributed by atoms with Gasteiger partial charge in [-0.25, -0.2) is 9.78 Å². The summed E-state index contributed by atoms with van der Waals surface area (Å²) in [5, 5.41) is 12.4. The van der Waals surface area contributed by atoms with E-state index in [1.54, 1.807) is 24.4 Å². The molecule has 0 fully saturated rings. The molecule has 0 radical (unpaired) electrons. The number of aromatic carboxylic acids is 1. The average Bonchev–Trinajstić information content (AvgIpc) is 2.71. The zero-order chi connectivity index (χ0) is 13.1. The third-order valence-electron chi connectivity index (χ3n) is 2.59. The van der Waals surface area contributed by atoms with Crippen LogP contribution >= 0.6 is 11.6 Å². The van der Waals surface area contributed by atoms with E-state index in [0.717, 1.165) is 5.82 Å². The summed E-state index contributed by atoms with van der Waals surface area (Å²) >= 11 is 5.87. The monoisotopic (exact) mass is 265 g/mol. The molecule has 1 aromatic heterocycles. The van der Waals surface area contributed by atoms with Gasteiger partial charge in [0.25, 0.3) is 0 Å². The highest BCUT2D eigenvalue weighted by atomic mass is 35.5. The quantitative estimate of drug-likeness (QED) is 0.891. The molecule has 1 aromatic carbocycles. The highest BCUT2D eigenvalue weighted by Gasteiger charge is 2.14. The summed E-state index contributed by atoms with van der Waals surface area (Å²) in [5.74, 6) is -0.241. The second kappa shape index (κ2) is 5.10. The first kappa shape index (κ1) is 12.4. The molecular weight excluding hydrogens is 254 g/mol. The van der Waals surface area contributed by atoms with Gasteiger partial charge in [-0.05, 0) is 12.1 Å². The van der Waals surface area contributed by atoms with E-state index in [1.807, 2.05) is 17.8 Å². The summed E-state index contributed by atoms with van der Waals surface area (Å²) < 4.78 is 1.86. The molecule has 2 aromatic rings. The lowest BCUT2D eigenvalue weighted by Gasteiger charge is -2.10. The maximum absolute atomic E-state index is 11.1. The van der Waals surface area contributed by atoms with Crippen molar-refractivity contribution in [1.82, 2.24) is 9.55 Å². The van der Waals surface area contributed by atoms with E-state index in [-0.39, 0.29) is 10.6 Å². The van der Waals surface area contributed by atoms with E-state index in [2.05, 4.69) is 10.3 Å². The molecule has 2 rings (SSSR count). The minimum atomic E-state index is -1.05. The maximum Gasteiger partial charge on any atom is 0.339 e. The van der Waals surface area contributed by atoms with Crippen molar-refractivity contribution in [3.63, 3.8) is 0 Å². The Bertz CT molecular complexity index is 580. The maximum atomic E-state index is 11.1. The zero-order valence-corrected chi connectivity index (χ0v) is 10.5. The highest BCUT2D eigenvalue weighted by Crippen LogP contribution is 2.24. The lowest BCUT2D eigenvalue weighted by molar-refractivity contribution is 0.0698. The topological polar surface area (TPSA) is 67.2 Å². The van der Waals surface area contributed by atoms with Gasteiger partial charge in [0.15, 0.2) is 0 Å². The summed E-state index contributed by atoms with van der Waals surface area (Å²) in [6.45, 7) is 0.435. The van der Waals surface area contributed by atoms with Crippen LogP contribution in [0.4, 0.5) is 5.69 Å². The Kier molecular flexibility index (Phi) is 3.53. The Morgan fingerprint density at radius 2 is 2.33 bits per heavy atom. The molecule has 0 unspecified atom stereocenters. The lowest BCUT2D eigenvalue weighted by Crippen LogP contribution is -2.09. The molecule has 18 heavy (non-hydrogen) atoms. The smallest absolute Gasteiger partial charge is 0.339 e. The molecule has 0 spiro atoms. The SMILES string of the molecule is Cn1ccnc1CNc1cccc(Cl)c1C(=O)O. The van der Waals surface area contributed by atoms with Gasteiger partial charge in [-0.1, -0.05) is 17.7 Å². The van der Waals surface area contributed by atoms with E-state index in [0.29, 0.717) is 12.2 Å². The van der Waals surface area contributed by atoms with Gasteiger partial charge in [0.05, 0.1) is 17.3 Å². The number of carboxylic acid groups (broad SMARTS) is 1. The van der Waals surface area contributed by atoms with Crippen molar-refractivity contribution in [3.05, 3.63) is 47.0 Å². The molecule has 1 heterocycles. The number of anilines is 1. The number of hydrogen-bond acceptors (Lipinski definition) is 3. The van der Waals surface area contributed by atoms with Crippen LogP contribution in [-0.4, -0.2) is 20.6 Å². The van der Waals surface area contributed by atoms with Crippen molar-refractivity contribution < 1.29 is 9.90 Å². The number of aromatic nitrogens is 2. The minimum absolute atomic E-state index is 0.0772. The largest absolute Gasteiger partial charge is 0.478 e. The molecule has 0 bridgehead atoms. The number of nitrogens with one attached hydrogen (secondary N) is 1. The normalized spacial score (nSPS) is 10.3. The summed E-state index contributed by atoms with van der Waals surface area (Å²) in [7, 11) is 1.88. The first-order valence-electron chi connectivity index (χ1n) is 5.31. The number of nitrogens with zero attached hydrogens (tertiary/aromatic N) is 2. The summed E-state index contributed by atoms with van der Waals surface area (Å²) in [6, 6.07) is 4.94. The Labute approximate surface area is 109 Å². The Morgan fingerprint density at radius 1 is 1.56 bits per heavy atom. The molecule has 0 saturated heterocycles. The molecule has 94 valence electrons. The molecule has 0 aliphatic carbocycles. The van der Waals surface area contributed by atoms with Crippen LogP contribution in [0.3, 0.4) is 0 Å². The standard InChI is InChI=1S/C12H12ClN3O2/c1-16-6-5-14-10(16)7-15-9-4-2-3-8(13)11(9)12(17)18/h2-6,15H,7H2,1H3,(H,17,18). The van der Waals surface area contributed by atoms with Gasteiger partial charge in [0.1, 0.15) is 11.4 Å². The van der Waals surface area contributed by atoms with Crippen LogP contribution in [0.2, 0.25) is 5.02 Å². The molecule has 0 amide bonds. The van der Waals surface area contributed by atoms with Gasteiger partial charge < -0.3 is 15.0 Å². The lowest BCUT2D eigenvalue weighted by atomic mass is 10.2. The van der Waals surface area contributed by atoms with Crippen molar-refractivity contribution >= 4 is 23.3 Å². The third-order valence-corrected chi connectivity index (χ3v) is 2.90. The second-order valence-corrected chi connectivity index (χ2v) is 4.18. The molecule has 0 saturated carbocycles. The van der Waals surface area contributed by atoms with E-state index < -0.39 is 5.97 Å². The van der Waals surface area contributed by atoms with Crippen LogP contribution in [0, 0.1) is 0 Å². The Hall–Kier alpha value is -2.01. The van der Waals surface area contributed by atoms with E-state index in [1.165, 1.54) is 0 Å². The number of imidazole rings is 1. The molecule has 5 nitrogen and oxygen atoms in total. The summed E-state index contributed by atoms with van der Waals surface area (Å²) in [4.78, 5) is 15.3. The number of halogens is 1. The number of benzene rings is 1. The van der Waals surface area contributed by atoms with Gasteiger partial charge in [-0.15, -0.1) is 0 Å². The van der Waals surface area contributed by atoms with Crippen molar-refractivity contribution in [3.8, 4) is 0 Å². The van der Waals surface area contributed by atoms with Crippen molar-refractivity contribution in [2.75, 3.05) is 5.32 Å². The predicted molar refractivity (Wildman–Crippen MR) is 68.9 cm³/mol. The van der Waals surface area contributed by atoms with Gasteiger partial charge in [-0.2, -0.15) is 0 Å². The number of carbonyl (C=O) groups is 1. The summed E-state index contributed by atoms with van der Waals surface area (Å²) in [5.41, 5.74) is 0.561. The van der Waals surface area contributed by atoms with Gasteiger partial charge >= 0.3 is 5.97 Å². The Balaban J connectivity index is 2.22. The van der Waals surface area contributed by atoms with Crippen LogP contribution in [0.25, 0.3) is 0 Å². The van der Waals surface area contributed by atoms with Crippen LogP contribution in [0.5, 0.6) is 0 Å². The number of rotatable bonds is 4.